The van der Waals surface area contributed by atoms with E-state index in [0.29, 0.717) is 6.04 Å². The molecule has 2 aromatic heterocycles. The van der Waals surface area contributed by atoms with Gasteiger partial charge < -0.3 is 4.57 Å². The highest BCUT2D eigenvalue weighted by Crippen LogP contribution is 2.32. The fourth-order valence-electron chi connectivity index (χ4n) is 2.84. The Bertz CT molecular complexity index is 585. The average Bonchev–Trinajstić information content (AvgIpc) is 3.09. The van der Waals surface area contributed by atoms with Crippen LogP contribution in [-0.4, -0.2) is 22.6 Å². The lowest BCUT2D eigenvalue weighted by molar-refractivity contribution is 0.246. The van der Waals surface area contributed by atoms with Crippen molar-refractivity contribution in [3.63, 3.8) is 0 Å². The van der Waals surface area contributed by atoms with Gasteiger partial charge in [0.15, 0.2) is 0 Å². The Morgan fingerprint density at radius 2 is 2.26 bits per heavy atom. The van der Waals surface area contributed by atoms with Crippen molar-refractivity contribution in [1.82, 2.24) is 9.47 Å². The zero-order valence-electron chi connectivity index (χ0n) is 11.0. The summed E-state index contributed by atoms with van der Waals surface area (Å²) in [5.74, 6) is 0. The van der Waals surface area contributed by atoms with E-state index in [1.54, 1.807) is 11.3 Å². The Morgan fingerprint density at radius 1 is 1.37 bits per heavy atom. The molecular weight excluding hydrogens is 276 g/mol. The summed E-state index contributed by atoms with van der Waals surface area (Å²) in [6.07, 6.45) is 2.51. The van der Waals surface area contributed by atoms with Crippen LogP contribution in [0.3, 0.4) is 0 Å². The molecule has 3 heterocycles. The van der Waals surface area contributed by atoms with Crippen LogP contribution in [0.15, 0.2) is 27.0 Å². The Hall–Kier alpha value is -0.910. The first-order chi connectivity index (χ1) is 9.25. The third-order valence-corrected chi connectivity index (χ3v) is 5.46. The second-order valence-electron chi connectivity index (χ2n) is 5.05. The smallest absolute Gasteiger partial charge is 0.302 e. The van der Waals surface area contributed by atoms with Gasteiger partial charge in [0.1, 0.15) is 0 Å². The van der Waals surface area contributed by atoms with E-state index in [9.17, 15) is 4.79 Å². The van der Waals surface area contributed by atoms with E-state index in [1.807, 2.05) is 16.9 Å². The van der Waals surface area contributed by atoms with Crippen LogP contribution in [0.25, 0.3) is 0 Å². The fourth-order valence-corrected chi connectivity index (χ4v) is 4.31. The zero-order chi connectivity index (χ0) is 13.2. The SMILES string of the molecule is Cc1csc(=O)n1CCN1CCCC1c1ccsc1. The minimum absolute atomic E-state index is 0.170. The molecule has 0 aliphatic carbocycles. The average molecular weight is 294 g/mol. The quantitative estimate of drug-likeness (QED) is 0.865. The summed E-state index contributed by atoms with van der Waals surface area (Å²) in [7, 11) is 0. The molecule has 0 radical (unpaired) electrons. The Balaban J connectivity index is 1.68. The molecule has 2 aromatic rings. The molecule has 1 unspecified atom stereocenters. The number of thiazole rings is 1. The number of hydrogen-bond acceptors (Lipinski definition) is 4. The van der Waals surface area contributed by atoms with Gasteiger partial charge in [-0.1, -0.05) is 11.3 Å². The Kier molecular flexibility index (Phi) is 3.86. The van der Waals surface area contributed by atoms with Crippen LogP contribution in [0.4, 0.5) is 0 Å². The van der Waals surface area contributed by atoms with E-state index >= 15 is 0 Å². The molecular formula is C14H18N2OS2. The third-order valence-electron chi connectivity index (χ3n) is 3.88. The second-order valence-corrected chi connectivity index (χ2v) is 6.65. The number of aromatic nitrogens is 1. The molecule has 3 nitrogen and oxygen atoms in total. The lowest BCUT2D eigenvalue weighted by atomic mass is 10.1. The van der Waals surface area contributed by atoms with E-state index in [0.717, 1.165) is 25.3 Å². The largest absolute Gasteiger partial charge is 0.307 e. The number of nitrogens with zero attached hydrogens (tertiary/aromatic N) is 2. The van der Waals surface area contributed by atoms with Crippen molar-refractivity contribution in [3.05, 3.63) is 43.1 Å². The molecule has 0 spiro atoms. The normalized spacial score (nSPS) is 20.2. The summed E-state index contributed by atoms with van der Waals surface area (Å²) in [5.41, 5.74) is 2.53. The van der Waals surface area contributed by atoms with Crippen molar-refractivity contribution in [1.29, 1.82) is 0 Å². The number of rotatable bonds is 4. The van der Waals surface area contributed by atoms with Gasteiger partial charge in [0.25, 0.3) is 0 Å². The highest BCUT2D eigenvalue weighted by molar-refractivity contribution is 7.08. The first-order valence-corrected chi connectivity index (χ1v) is 8.49. The molecule has 0 amide bonds. The first kappa shape index (κ1) is 13.1. The van der Waals surface area contributed by atoms with Crippen LogP contribution in [0.5, 0.6) is 0 Å². The summed E-state index contributed by atoms with van der Waals surface area (Å²) in [5, 5.41) is 6.35. The molecule has 1 aliphatic rings. The summed E-state index contributed by atoms with van der Waals surface area (Å²) in [6, 6.07) is 2.79. The van der Waals surface area contributed by atoms with Gasteiger partial charge in [-0.3, -0.25) is 9.69 Å². The molecule has 19 heavy (non-hydrogen) atoms. The first-order valence-electron chi connectivity index (χ1n) is 6.67. The van der Waals surface area contributed by atoms with Gasteiger partial charge in [-0.2, -0.15) is 11.3 Å². The minimum atomic E-state index is 0.170. The van der Waals surface area contributed by atoms with Crippen LogP contribution in [0.2, 0.25) is 0 Å². The fraction of sp³-hybridized carbons (Fsp3) is 0.500. The molecule has 5 heteroatoms. The predicted octanol–water partition coefficient (Wildman–Crippen LogP) is 3.12. The second kappa shape index (κ2) is 5.61. The van der Waals surface area contributed by atoms with Gasteiger partial charge in [-0.05, 0) is 48.7 Å². The lowest BCUT2D eigenvalue weighted by Gasteiger charge is -2.24. The molecule has 0 aromatic carbocycles. The summed E-state index contributed by atoms with van der Waals surface area (Å²) in [4.78, 5) is 14.4. The molecule has 1 fully saturated rings. The maximum Gasteiger partial charge on any atom is 0.307 e. The minimum Gasteiger partial charge on any atom is -0.302 e. The standard InChI is InChI=1S/C14H18N2OS2/c1-11-9-19-14(17)16(11)7-6-15-5-2-3-13(15)12-4-8-18-10-12/h4,8-10,13H,2-3,5-7H2,1H3. The zero-order valence-corrected chi connectivity index (χ0v) is 12.7. The number of aryl methyl sites for hydroxylation is 1. The van der Waals surface area contributed by atoms with Crippen molar-refractivity contribution in [2.45, 2.75) is 32.4 Å². The van der Waals surface area contributed by atoms with Crippen molar-refractivity contribution in [3.8, 4) is 0 Å². The van der Waals surface area contributed by atoms with Crippen LogP contribution < -0.4 is 4.87 Å². The summed E-state index contributed by atoms with van der Waals surface area (Å²) in [6.45, 7) is 4.95. The topological polar surface area (TPSA) is 25.2 Å². The van der Waals surface area contributed by atoms with E-state index in [-0.39, 0.29) is 4.87 Å². The van der Waals surface area contributed by atoms with Crippen LogP contribution in [-0.2, 0) is 6.54 Å². The molecule has 0 bridgehead atoms. The van der Waals surface area contributed by atoms with Gasteiger partial charge in [0.2, 0.25) is 0 Å². The third kappa shape index (κ3) is 2.68. The van der Waals surface area contributed by atoms with Crippen LogP contribution in [0, 0.1) is 6.92 Å². The molecule has 102 valence electrons. The molecule has 0 saturated carbocycles. The van der Waals surface area contributed by atoms with Gasteiger partial charge in [0.05, 0.1) is 0 Å². The van der Waals surface area contributed by atoms with E-state index < -0.39 is 0 Å². The van der Waals surface area contributed by atoms with Crippen molar-refractivity contribution in [2.24, 2.45) is 0 Å². The summed E-state index contributed by atoms with van der Waals surface area (Å²) >= 11 is 3.07. The number of hydrogen-bond donors (Lipinski definition) is 0. The van der Waals surface area contributed by atoms with Crippen LogP contribution in [0.1, 0.15) is 30.1 Å². The van der Waals surface area contributed by atoms with Gasteiger partial charge in [-0.25, -0.2) is 0 Å². The van der Waals surface area contributed by atoms with Gasteiger partial charge in [-0.15, -0.1) is 0 Å². The number of likely N-dealkylation sites (tertiary alicyclic amines) is 1. The molecule has 1 aliphatic heterocycles. The van der Waals surface area contributed by atoms with Gasteiger partial charge in [0, 0.05) is 30.2 Å². The van der Waals surface area contributed by atoms with Crippen molar-refractivity contribution >= 4 is 22.7 Å². The highest BCUT2D eigenvalue weighted by atomic mass is 32.1. The predicted molar refractivity (Wildman–Crippen MR) is 81.2 cm³/mol. The maximum atomic E-state index is 11.7. The Labute approximate surface area is 121 Å². The molecule has 1 saturated heterocycles. The van der Waals surface area contributed by atoms with Crippen molar-refractivity contribution < 1.29 is 0 Å². The molecule has 1 atom stereocenters. The van der Waals surface area contributed by atoms with Gasteiger partial charge >= 0.3 is 4.87 Å². The highest BCUT2D eigenvalue weighted by Gasteiger charge is 2.25. The van der Waals surface area contributed by atoms with E-state index in [2.05, 4.69) is 21.7 Å². The lowest BCUT2D eigenvalue weighted by Crippen LogP contribution is -2.29. The van der Waals surface area contributed by atoms with E-state index in [4.69, 9.17) is 0 Å². The van der Waals surface area contributed by atoms with Crippen LogP contribution >= 0.6 is 22.7 Å². The monoisotopic (exact) mass is 294 g/mol. The summed E-state index contributed by atoms with van der Waals surface area (Å²) < 4.78 is 1.90. The Morgan fingerprint density at radius 3 is 2.95 bits per heavy atom. The van der Waals surface area contributed by atoms with E-state index in [1.165, 1.54) is 29.7 Å². The maximum absolute atomic E-state index is 11.7. The van der Waals surface area contributed by atoms with Crippen molar-refractivity contribution in [2.75, 3.05) is 13.1 Å². The molecule has 3 rings (SSSR count). The molecule has 0 N–H and O–H groups in total. The number of thiophene rings is 1.